The number of pyridine rings is 2. The Morgan fingerprint density at radius 3 is 1.38 bits per heavy atom. The van der Waals surface area contributed by atoms with Crippen LogP contribution in [0.15, 0.2) is 107 Å². The van der Waals surface area contributed by atoms with Crippen molar-refractivity contribution in [1.29, 1.82) is 0 Å². The minimum absolute atomic E-state index is 0.382. The highest BCUT2D eigenvalue weighted by Gasteiger charge is 2.48. The molecule has 2 aromatic carbocycles. The molecule has 2 aliphatic rings. The summed E-state index contributed by atoms with van der Waals surface area (Å²) < 4.78 is 12.7. The fourth-order valence-electron chi connectivity index (χ4n) is 4.96. The van der Waals surface area contributed by atoms with E-state index in [-0.39, 0.29) is 12.2 Å². The molecular formula is C30H26Br2N4O4. The molecule has 40 heavy (non-hydrogen) atoms. The highest BCUT2D eigenvalue weighted by atomic mass is 79.9. The fourth-order valence-corrected chi connectivity index (χ4v) is 5.69. The number of carbonyl (C=O) groups is 2. The molecule has 0 radical (unpaired) electrons. The smallest absolute Gasteiger partial charge is 0.408 e. The lowest BCUT2D eigenvalue weighted by Crippen LogP contribution is -2.39. The molecule has 4 aromatic rings. The van der Waals surface area contributed by atoms with Gasteiger partial charge in [-0.15, -0.1) is 0 Å². The fraction of sp³-hybridized carbons (Fsp3) is 0.200. The molecule has 0 spiro atoms. The Labute approximate surface area is 248 Å². The Morgan fingerprint density at radius 1 is 0.650 bits per heavy atom. The van der Waals surface area contributed by atoms with Crippen molar-refractivity contribution in [2.45, 2.75) is 37.1 Å². The van der Waals surface area contributed by atoms with Gasteiger partial charge in [-0.1, -0.05) is 60.7 Å². The van der Waals surface area contributed by atoms with Gasteiger partial charge in [0.2, 0.25) is 0 Å². The highest BCUT2D eigenvalue weighted by Crippen LogP contribution is 2.43. The first-order chi connectivity index (χ1) is 19.2. The second-order valence-electron chi connectivity index (χ2n) is 9.83. The number of benzene rings is 2. The first-order valence-corrected chi connectivity index (χ1v) is 14.1. The predicted molar refractivity (Wildman–Crippen MR) is 156 cm³/mol. The van der Waals surface area contributed by atoms with E-state index in [1.165, 1.54) is 0 Å². The first-order valence-electron chi connectivity index (χ1n) is 12.5. The molecular weight excluding hydrogens is 640 g/mol. The Hall–Kier alpha value is -3.76. The maximum absolute atomic E-state index is 11.7. The number of nitrogens with zero attached hydrogens (tertiary/aromatic N) is 2. The summed E-state index contributed by atoms with van der Waals surface area (Å²) in [5.41, 5.74) is 2.41. The lowest BCUT2D eigenvalue weighted by molar-refractivity contribution is 0.112. The van der Waals surface area contributed by atoms with Crippen molar-refractivity contribution in [2.24, 2.45) is 0 Å². The van der Waals surface area contributed by atoms with Crippen LogP contribution in [0.4, 0.5) is 9.59 Å². The van der Waals surface area contributed by atoms with Gasteiger partial charge in [0.25, 0.3) is 0 Å². The van der Waals surface area contributed by atoms with Crippen molar-refractivity contribution in [3.8, 4) is 0 Å². The molecule has 2 N–H and O–H groups in total. The third-order valence-corrected chi connectivity index (χ3v) is 7.90. The lowest BCUT2D eigenvalue weighted by atomic mass is 9.84. The first kappa shape index (κ1) is 27.8. The van der Waals surface area contributed by atoms with Gasteiger partial charge in [-0.05, 0) is 69.0 Å². The molecule has 0 unspecified atom stereocenters. The Morgan fingerprint density at radius 2 is 1.02 bits per heavy atom. The van der Waals surface area contributed by atoms with Gasteiger partial charge in [-0.2, -0.15) is 0 Å². The van der Waals surface area contributed by atoms with Crippen LogP contribution in [0.1, 0.15) is 48.3 Å². The SMILES string of the molecule is C[C@]1(c2cncc(Br)c2)NC(=O)O[C@@H]1c1ccccc1.C[C@]1(c2cncc(Br)c2)NC(=O)O[C@H]1c1ccccc1. The lowest BCUT2D eigenvalue weighted by Gasteiger charge is -2.29. The number of carbonyl (C=O) groups excluding carboxylic acids is 2. The van der Waals surface area contributed by atoms with E-state index in [0.29, 0.717) is 0 Å². The monoisotopic (exact) mass is 664 g/mol. The highest BCUT2D eigenvalue weighted by molar-refractivity contribution is 9.10. The van der Waals surface area contributed by atoms with Crippen LogP contribution in [-0.2, 0) is 20.6 Å². The number of hydrogen-bond donors (Lipinski definition) is 2. The van der Waals surface area contributed by atoms with Gasteiger partial charge in [0.15, 0.2) is 12.2 Å². The average molecular weight is 666 g/mol. The van der Waals surface area contributed by atoms with E-state index >= 15 is 0 Å². The van der Waals surface area contributed by atoms with E-state index in [9.17, 15) is 9.59 Å². The second kappa shape index (κ2) is 11.4. The number of cyclic esters (lactones) is 2. The van der Waals surface area contributed by atoms with Crippen molar-refractivity contribution in [3.05, 3.63) is 129 Å². The summed E-state index contributed by atoms with van der Waals surface area (Å²) in [5, 5.41) is 5.80. The number of halogens is 2. The maximum atomic E-state index is 11.7. The normalized spacial score (nSPS) is 25.1. The topological polar surface area (TPSA) is 102 Å². The van der Waals surface area contributed by atoms with E-state index in [1.807, 2.05) is 86.6 Å². The van der Waals surface area contributed by atoms with Crippen molar-refractivity contribution in [3.63, 3.8) is 0 Å². The molecule has 2 amide bonds. The number of rotatable bonds is 4. The summed E-state index contributed by atoms with van der Waals surface area (Å²) in [4.78, 5) is 31.8. The Bertz CT molecular complexity index is 1410. The third-order valence-electron chi connectivity index (χ3n) is 7.04. The molecule has 8 nitrogen and oxygen atoms in total. The van der Waals surface area contributed by atoms with Crippen molar-refractivity contribution >= 4 is 44.0 Å². The van der Waals surface area contributed by atoms with Crippen LogP contribution < -0.4 is 10.6 Å². The number of nitrogens with one attached hydrogen (secondary N) is 2. The Kier molecular flexibility index (Phi) is 7.91. The van der Waals surface area contributed by atoms with Crippen LogP contribution in [0.3, 0.4) is 0 Å². The zero-order valence-electron chi connectivity index (χ0n) is 21.7. The summed E-state index contributed by atoms with van der Waals surface area (Å²) >= 11 is 6.82. The summed E-state index contributed by atoms with van der Waals surface area (Å²) in [6.07, 6.45) is 5.32. The third kappa shape index (κ3) is 5.59. The molecule has 0 bridgehead atoms. The molecule has 0 saturated carbocycles. The molecule has 4 atom stereocenters. The summed E-state index contributed by atoms with van der Waals surface area (Å²) in [5.74, 6) is 0. The maximum Gasteiger partial charge on any atom is 0.408 e. The van der Waals surface area contributed by atoms with Gasteiger partial charge in [0, 0.05) is 44.9 Å². The molecule has 4 heterocycles. The second-order valence-corrected chi connectivity index (χ2v) is 11.7. The summed E-state index contributed by atoms with van der Waals surface area (Å²) in [6.45, 7) is 3.89. The largest absolute Gasteiger partial charge is 0.438 e. The van der Waals surface area contributed by atoms with Crippen LogP contribution >= 0.6 is 31.9 Å². The van der Waals surface area contributed by atoms with Crippen LogP contribution in [-0.4, -0.2) is 22.2 Å². The van der Waals surface area contributed by atoms with Gasteiger partial charge in [-0.25, -0.2) is 9.59 Å². The van der Waals surface area contributed by atoms with Crippen molar-refractivity contribution in [1.82, 2.24) is 20.6 Å². The summed E-state index contributed by atoms with van der Waals surface area (Å²) in [7, 11) is 0. The van der Waals surface area contributed by atoms with Crippen LogP contribution in [0, 0.1) is 0 Å². The average Bonchev–Trinajstić information content (AvgIpc) is 3.45. The zero-order chi connectivity index (χ0) is 28.3. The molecule has 0 aliphatic carbocycles. The van der Waals surface area contributed by atoms with E-state index < -0.39 is 23.3 Å². The minimum Gasteiger partial charge on any atom is -0.438 e. The molecule has 2 aliphatic heterocycles. The Balaban J connectivity index is 0.000000161. The number of hydrogen-bond acceptors (Lipinski definition) is 6. The van der Waals surface area contributed by atoms with Gasteiger partial charge in [0.05, 0.1) is 0 Å². The van der Waals surface area contributed by atoms with Crippen molar-refractivity contribution in [2.75, 3.05) is 0 Å². The quantitative estimate of drug-likeness (QED) is 0.242. The molecule has 2 aromatic heterocycles. The number of amides is 2. The molecule has 204 valence electrons. The van der Waals surface area contributed by atoms with Crippen LogP contribution in [0.5, 0.6) is 0 Å². The van der Waals surface area contributed by atoms with Crippen LogP contribution in [0.2, 0.25) is 0 Å². The minimum atomic E-state index is -0.644. The number of aromatic nitrogens is 2. The van der Waals surface area contributed by atoms with E-state index in [4.69, 9.17) is 9.47 Å². The van der Waals surface area contributed by atoms with Gasteiger partial charge in [0.1, 0.15) is 11.1 Å². The zero-order valence-corrected chi connectivity index (χ0v) is 24.8. The van der Waals surface area contributed by atoms with Gasteiger partial charge in [-0.3, -0.25) is 9.97 Å². The van der Waals surface area contributed by atoms with Crippen LogP contribution in [0.25, 0.3) is 0 Å². The van der Waals surface area contributed by atoms with Gasteiger partial charge >= 0.3 is 12.2 Å². The molecule has 10 heteroatoms. The number of alkyl carbamates (subject to hydrolysis) is 2. The number of ether oxygens (including phenoxy) is 2. The molecule has 2 saturated heterocycles. The van der Waals surface area contributed by atoms with E-state index in [0.717, 1.165) is 31.2 Å². The van der Waals surface area contributed by atoms with Crippen molar-refractivity contribution < 1.29 is 19.1 Å². The molecule has 6 rings (SSSR count). The summed E-state index contributed by atoms with van der Waals surface area (Å²) in [6, 6.07) is 23.3. The standard InChI is InChI=1S/2C15H13BrN2O2/c2*1-15(11-7-12(16)9-17-8-11)13(20-14(19)18-15)10-5-3-2-4-6-10/h2*2-9,13H,1H3,(H,18,19)/t13-,15+;13-,15-/m01/s1. The van der Waals surface area contributed by atoms with Gasteiger partial charge < -0.3 is 20.1 Å². The molecule has 2 fully saturated rings. The predicted octanol–water partition coefficient (Wildman–Crippen LogP) is 7.08. The van der Waals surface area contributed by atoms with E-state index in [1.54, 1.807) is 24.8 Å². The van der Waals surface area contributed by atoms with E-state index in [2.05, 4.69) is 52.5 Å².